The Morgan fingerprint density at radius 1 is 1.14 bits per heavy atom. The summed E-state index contributed by atoms with van der Waals surface area (Å²) in [6.45, 7) is 4.74. The van der Waals surface area contributed by atoms with E-state index in [9.17, 15) is 9.59 Å². The first-order valence-electron chi connectivity index (χ1n) is 11.2. The van der Waals surface area contributed by atoms with Gasteiger partial charge in [0.15, 0.2) is 15.8 Å². The highest BCUT2D eigenvalue weighted by molar-refractivity contribution is 9.10. The molecule has 0 radical (unpaired) electrons. The van der Waals surface area contributed by atoms with Gasteiger partial charge in [-0.2, -0.15) is 5.01 Å². The van der Waals surface area contributed by atoms with E-state index in [4.69, 9.17) is 33.3 Å². The smallest absolute Gasteiger partial charge is 0.285 e. The Bertz CT molecular complexity index is 1380. The maximum absolute atomic E-state index is 13.0. The number of thiocarbonyl (C=S) groups is 1. The molecule has 4 rings (SSSR count). The van der Waals surface area contributed by atoms with Crippen LogP contribution in [-0.2, 0) is 11.4 Å². The largest absolute Gasteiger partial charge is 0.490 e. The first-order chi connectivity index (χ1) is 17.7. The minimum absolute atomic E-state index is 0.223. The summed E-state index contributed by atoms with van der Waals surface area (Å²) in [5.41, 5.74) is 5.84. The number of carbonyl (C=O) groups is 2. The van der Waals surface area contributed by atoms with Crippen molar-refractivity contribution in [3.8, 4) is 11.5 Å². The van der Waals surface area contributed by atoms with Gasteiger partial charge in [-0.15, -0.1) is 0 Å². The minimum Gasteiger partial charge on any atom is -0.490 e. The second-order valence-electron chi connectivity index (χ2n) is 8.00. The highest BCUT2D eigenvalue weighted by Crippen LogP contribution is 2.39. The standard InChI is InChI=1S/C27H22BrClN2O4S2/c1-3-34-22-13-18(12-21(28)24(22)35-15-17-6-4-16(2)5-7-17)14-23-26(33)31(27(36)37-23)30-25(32)19-8-10-20(29)11-9-19/h4-14H,3,15H2,1-2H3,(H,30,32)/b23-14-. The van der Waals surface area contributed by atoms with Gasteiger partial charge in [-0.3, -0.25) is 15.0 Å². The van der Waals surface area contributed by atoms with E-state index < -0.39 is 11.8 Å². The van der Waals surface area contributed by atoms with Crippen LogP contribution in [0.15, 0.2) is 70.0 Å². The molecular weight excluding hydrogens is 596 g/mol. The quantitative estimate of drug-likeness (QED) is 0.218. The summed E-state index contributed by atoms with van der Waals surface area (Å²) in [4.78, 5) is 26.0. The van der Waals surface area contributed by atoms with Crippen LogP contribution in [-0.4, -0.2) is 27.8 Å². The Hall–Kier alpha value is -2.85. The molecule has 37 heavy (non-hydrogen) atoms. The molecule has 3 aromatic carbocycles. The van der Waals surface area contributed by atoms with Gasteiger partial charge in [0.2, 0.25) is 0 Å². The molecule has 10 heteroatoms. The van der Waals surface area contributed by atoms with E-state index in [-0.39, 0.29) is 4.32 Å². The maximum Gasteiger partial charge on any atom is 0.285 e. The summed E-state index contributed by atoms with van der Waals surface area (Å²) >= 11 is 15.9. The summed E-state index contributed by atoms with van der Waals surface area (Å²) in [7, 11) is 0. The van der Waals surface area contributed by atoms with E-state index in [2.05, 4.69) is 21.4 Å². The van der Waals surface area contributed by atoms with Crippen molar-refractivity contribution in [2.45, 2.75) is 20.5 Å². The summed E-state index contributed by atoms with van der Waals surface area (Å²) in [5, 5.41) is 1.58. The number of carbonyl (C=O) groups excluding carboxylic acids is 2. The summed E-state index contributed by atoms with van der Waals surface area (Å²) in [6.07, 6.45) is 1.70. The molecule has 1 fully saturated rings. The molecule has 1 aliphatic rings. The van der Waals surface area contributed by atoms with Crippen molar-refractivity contribution in [2.24, 2.45) is 0 Å². The number of rotatable bonds is 8. The van der Waals surface area contributed by atoms with E-state index in [1.54, 1.807) is 36.4 Å². The summed E-state index contributed by atoms with van der Waals surface area (Å²) in [6, 6.07) is 18.1. The molecule has 2 amide bonds. The number of ether oxygens (including phenoxy) is 2. The van der Waals surface area contributed by atoms with Gasteiger partial charge in [-0.1, -0.05) is 53.2 Å². The highest BCUT2D eigenvalue weighted by Gasteiger charge is 2.34. The lowest BCUT2D eigenvalue weighted by atomic mass is 10.1. The van der Waals surface area contributed by atoms with Crippen molar-refractivity contribution in [1.82, 2.24) is 10.4 Å². The molecule has 0 aromatic heterocycles. The fraction of sp³-hybridized carbons (Fsp3) is 0.148. The normalized spacial score (nSPS) is 14.3. The number of hydrogen-bond donors (Lipinski definition) is 1. The highest BCUT2D eigenvalue weighted by atomic mass is 79.9. The molecule has 1 aliphatic heterocycles. The molecule has 0 aliphatic carbocycles. The first kappa shape index (κ1) is 27.2. The zero-order chi connectivity index (χ0) is 26.5. The van der Waals surface area contributed by atoms with E-state index in [1.807, 2.05) is 44.2 Å². The SMILES string of the molecule is CCOc1cc(/C=C2\SC(=S)N(NC(=O)c3ccc(Cl)cc3)C2=O)cc(Br)c1OCc1ccc(C)cc1. The van der Waals surface area contributed by atoms with E-state index in [1.165, 1.54) is 5.56 Å². The molecule has 190 valence electrons. The zero-order valence-corrected chi connectivity index (χ0v) is 23.9. The monoisotopic (exact) mass is 616 g/mol. The lowest BCUT2D eigenvalue weighted by molar-refractivity contribution is -0.123. The Morgan fingerprint density at radius 3 is 2.51 bits per heavy atom. The Balaban J connectivity index is 1.52. The number of aryl methyl sites for hydroxylation is 1. The molecule has 0 atom stereocenters. The molecule has 0 spiro atoms. The number of amides is 2. The third kappa shape index (κ3) is 6.73. The van der Waals surface area contributed by atoms with Crippen LogP contribution < -0.4 is 14.9 Å². The summed E-state index contributed by atoms with van der Waals surface area (Å²) in [5.74, 6) is 0.223. The third-order valence-corrected chi connectivity index (χ3v) is 7.39. The van der Waals surface area contributed by atoms with Crippen molar-refractivity contribution in [3.63, 3.8) is 0 Å². The van der Waals surface area contributed by atoms with Gasteiger partial charge in [0, 0.05) is 10.6 Å². The lowest BCUT2D eigenvalue weighted by Gasteiger charge is -2.16. The molecule has 0 unspecified atom stereocenters. The van der Waals surface area contributed by atoms with Crippen molar-refractivity contribution in [1.29, 1.82) is 0 Å². The molecule has 6 nitrogen and oxygen atoms in total. The van der Waals surface area contributed by atoms with Gasteiger partial charge < -0.3 is 9.47 Å². The zero-order valence-electron chi connectivity index (χ0n) is 19.9. The van der Waals surface area contributed by atoms with Crippen LogP contribution >= 0.6 is 51.5 Å². The van der Waals surface area contributed by atoms with E-state index >= 15 is 0 Å². The average molecular weight is 618 g/mol. The number of nitrogens with zero attached hydrogens (tertiary/aromatic N) is 1. The number of halogens is 2. The second kappa shape index (κ2) is 12.1. The van der Waals surface area contributed by atoms with Gasteiger partial charge in [0.25, 0.3) is 11.8 Å². The Kier molecular flexibility index (Phi) is 8.91. The molecule has 1 heterocycles. The summed E-state index contributed by atoms with van der Waals surface area (Å²) < 4.78 is 12.8. The van der Waals surface area contributed by atoms with Gasteiger partial charge in [0.05, 0.1) is 16.0 Å². The molecule has 1 saturated heterocycles. The maximum atomic E-state index is 13.0. The average Bonchev–Trinajstić information content (AvgIpc) is 3.12. The van der Waals surface area contributed by atoms with Crippen molar-refractivity contribution in [3.05, 3.63) is 97.3 Å². The number of benzene rings is 3. The fourth-order valence-electron chi connectivity index (χ4n) is 3.40. The number of nitrogens with one attached hydrogen (secondary N) is 1. The van der Waals surface area contributed by atoms with Crippen LogP contribution in [0.4, 0.5) is 0 Å². The van der Waals surface area contributed by atoms with Gasteiger partial charge in [-0.25, -0.2) is 0 Å². The molecule has 0 bridgehead atoms. The Labute approximate surface area is 238 Å². The molecule has 1 N–H and O–H groups in total. The number of thioether (sulfide) groups is 1. The van der Waals surface area contributed by atoms with Crippen molar-refractivity contribution >= 4 is 73.7 Å². The van der Waals surface area contributed by atoms with Crippen LogP contribution in [0.25, 0.3) is 6.08 Å². The molecular formula is C27H22BrClN2O4S2. The van der Waals surface area contributed by atoms with E-state index in [0.29, 0.717) is 50.2 Å². The van der Waals surface area contributed by atoms with Crippen LogP contribution in [0.2, 0.25) is 5.02 Å². The van der Waals surface area contributed by atoms with Crippen molar-refractivity contribution in [2.75, 3.05) is 6.61 Å². The van der Waals surface area contributed by atoms with Gasteiger partial charge in [-0.05, 0) is 95.6 Å². The Morgan fingerprint density at radius 2 is 1.84 bits per heavy atom. The lowest BCUT2D eigenvalue weighted by Crippen LogP contribution is -2.44. The topological polar surface area (TPSA) is 67.9 Å². The van der Waals surface area contributed by atoms with Crippen LogP contribution in [0.5, 0.6) is 11.5 Å². The predicted molar refractivity (Wildman–Crippen MR) is 155 cm³/mol. The number of hydrazine groups is 1. The van der Waals surface area contributed by atoms with E-state index in [0.717, 1.165) is 22.3 Å². The fourth-order valence-corrected chi connectivity index (χ4v) is 5.28. The number of hydrogen-bond acceptors (Lipinski definition) is 6. The predicted octanol–water partition coefficient (Wildman–Crippen LogP) is 6.93. The minimum atomic E-state index is -0.467. The van der Waals surface area contributed by atoms with Gasteiger partial charge >= 0.3 is 0 Å². The molecule has 0 saturated carbocycles. The second-order valence-corrected chi connectivity index (χ2v) is 11.0. The van der Waals surface area contributed by atoms with Gasteiger partial charge in [0.1, 0.15) is 6.61 Å². The first-order valence-corrected chi connectivity index (χ1v) is 13.6. The molecule has 3 aromatic rings. The van der Waals surface area contributed by atoms with Crippen LogP contribution in [0.1, 0.15) is 34.0 Å². The van der Waals surface area contributed by atoms with Crippen LogP contribution in [0.3, 0.4) is 0 Å². The van der Waals surface area contributed by atoms with Crippen molar-refractivity contribution < 1.29 is 19.1 Å². The third-order valence-electron chi connectivity index (χ3n) is 5.25. The van der Waals surface area contributed by atoms with Crippen LogP contribution in [0, 0.1) is 6.92 Å².